The highest BCUT2D eigenvalue weighted by Gasteiger charge is 2.21. The van der Waals surface area contributed by atoms with Gasteiger partial charge < -0.3 is 10.2 Å². The quantitative estimate of drug-likeness (QED) is 0.567. The molecule has 7 nitrogen and oxygen atoms in total. The van der Waals surface area contributed by atoms with E-state index in [2.05, 4.69) is 15.4 Å². The van der Waals surface area contributed by atoms with Gasteiger partial charge in [0, 0.05) is 19.4 Å². The highest BCUT2D eigenvalue weighted by Crippen LogP contribution is 2.19. The van der Waals surface area contributed by atoms with Crippen molar-refractivity contribution in [3.63, 3.8) is 0 Å². The monoisotopic (exact) mass is 260 g/mol. The Morgan fingerprint density at radius 2 is 2.18 bits per heavy atom. The smallest absolute Gasteiger partial charge is 0.157 e. The zero-order valence-electron chi connectivity index (χ0n) is 9.97. The van der Waals surface area contributed by atoms with Crippen molar-refractivity contribution in [2.24, 2.45) is 5.84 Å². The molecule has 0 aliphatic carbocycles. The maximum atomic E-state index is 11.4. The summed E-state index contributed by atoms with van der Waals surface area (Å²) in [5.41, 5.74) is 2.94. The Labute approximate surface area is 100 Å². The van der Waals surface area contributed by atoms with Gasteiger partial charge in [-0.15, -0.1) is 0 Å². The van der Waals surface area contributed by atoms with Crippen LogP contribution in [0.3, 0.4) is 0 Å². The van der Waals surface area contributed by atoms with Gasteiger partial charge in [0.1, 0.15) is 16.9 Å². The van der Waals surface area contributed by atoms with E-state index in [1.807, 2.05) is 0 Å². The third-order valence-corrected chi connectivity index (χ3v) is 3.74. The minimum atomic E-state index is -3.25. The van der Waals surface area contributed by atoms with E-state index >= 15 is 0 Å². The van der Waals surface area contributed by atoms with Crippen molar-refractivity contribution in [2.75, 3.05) is 18.8 Å². The molecule has 0 saturated heterocycles. The molecule has 0 aliphatic heterocycles. The number of sulfone groups is 1. The lowest BCUT2D eigenvalue weighted by atomic mass is 10.3. The molecule has 8 heteroatoms. The number of nitrogens with two attached hydrogens (primary N) is 1. The first-order chi connectivity index (χ1) is 7.88. The number of anilines is 1. The molecule has 1 unspecified atom stereocenters. The lowest BCUT2D eigenvalue weighted by molar-refractivity contribution is 0.181. The van der Waals surface area contributed by atoms with E-state index in [1.165, 1.54) is 14.0 Å². The maximum absolute atomic E-state index is 11.4. The molecular weight excluding hydrogens is 244 g/mol. The number of hydrazine groups is 1. The molecule has 1 heterocycles. The van der Waals surface area contributed by atoms with E-state index in [0.29, 0.717) is 11.5 Å². The average Bonchev–Trinajstić information content (AvgIpc) is 2.26. The van der Waals surface area contributed by atoms with Gasteiger partial charge in [-0.25, -0.2) is 24.2 Å². The summed E-state index contributed by atoms with van der Waals surface area (Å²) in [6, 6.07) is 1.60. The summed E-state index contributed by atoms with van der Waals surface area (Å²) < 4.78 is 27.8. The molecule has 1 aromatic heterocycles. The minimum Gasteiger partial charge on any atom is -0.378 e. The van der Waals surface area contributed by atoms with Gasteiger partial charge >= 0.3 is 0 Å². The Kier molecular flexibility index (Phi) is 4.38. The standard InChI is InChI=1S/C9H16N4O3S/c1-6(17(3,14)15)9-11-7(5-16-2)4-8(12-9)13-10/h4,6H,5,10H2,1-3H3,(H,11,12,13). The van der Waals surface area contributed by atoms with Crippen LogP contribution < -0.4 is 11.3 Å². The minimum absolute atomic E-state index is 0.204. The van der Waals surface area contributed by atoms with Gasteiger partial charge in [-0.05, 0) is 6.92 Å². The predicted octanol–water partition coefficient (Wildman–Crippen LogP) is 0.0142. The summed E-state index contributed by atoms with van der Waals surface area (Å²) >= 11 is 0. The second-order valence-corrected chi connectivity index (χ2v) is 6.02. The number of methoxy groups -OCH3 is 1. The Hall–Kier alpha value is -1.25. The summed E-state index contributed by atoms with van der Waals surface area (Å²) in [5, 5.41) is -0.786. The van der Waals surface area contributed by atoms with Crippen LogP contribution >= 0.6 is 0 Å². The number of nitrogens with one attached hydrogen (secondary N) is 1. The maximum Gasteiger partial charge on any atom is 0.157 e. The number of ether oxygens (including phenoxy) is 1. The first-order valence-electron chi connectivity index (χ1n) is 4.90. The number of hydrogen-bond donors (Lipinski definition) is 2. The topological polar surface area (TPSA) is 107 Å². The van der Waals surface area contributed by atoms with E-state index in [9.17, 15) is 8.42 Å². The Morgan fingerprint density at radius 3 is 2.65 bits per heavy atom. The lowest BCUT2D eigenvalue weighted by Gasteiger charge is -2.11. The molecule has 0 aliphatic rings. The molecule has 17 heavy (non-hydrogen) atoms. The largest absolute Gasteiger partial charge is 0.378 e. The molecule has 96 valence electrons. The van der Waals surface area contributed by atoms with E-state index in [0.717, 1.165) is 6.26 Å². The van der Waals surface area contributed by atoms with Crippen LogP contribution in [0.25, 0.3) is 0 Å². The van der Waals surface area contributed by atoms with Crippen molar-refractivity contribution in [3.05, 3.63) is 17.6 Å². The summed E-state index contributed by atoms with van der Waals surface area (Å²) in [6.45, 7) is 1.79. The fourth-order valence-electron chi connectivity index (χ4n) is 1.19. The van der Waals surface area contributed by atoms with Crippen LogP contribution in [0.5, 0.6) is 0 Å². The molecule has 0 aromatic carbocycles. The van der Waals surface area contributed by atoms with Crippen LogP contribution in [0.2, 0.25) is 0 Å². The molecule has 0 saturated carbocycles. The zero-order chi connectivity index (χ0) is 13.1. The number of rotatable bonds is 5. The van der Waals surface area contributed by atoms with E-state index < -0.39 is 15.1 Å². The second kappa shape index (κ2) is 5.39. The van der Waals surface area contributed by atoms with Crippen molar-refractivity contribution in [1.82, 2.24) is 9.97 Å². The van der Waals surface area contributed by atoms with E-state index in [-0.39, 0.29) is 12.4 Å². The lowest BCUT2D eigenvalue weighted by Crippen LogP contribution is -2.16. The first-order valence-corrected chi connectivity index (χ1v) is 6.86. The molecule has 0 fully saturated rings. The summed E-state index contributed by atoms with van der Waals surface area (Å²) in [5.74, 6) is 5.82. The molecule has 0 radical (unpaired) electrons. The highest BCUT2D eigenvalue weighted by atomic mass is 32.2. The fraction of sp³-hybridized carbons (Fsp3) is 0.556. The third kappa shape index (κ3) is 3.62. The van der Waals surface area contributed by atoms with Crippen LogP contribution in [0.15, 0.2) is 6.07 Å². The summed E-state index contributed by atoms with van der Waals surface area (Å²) in [4.78, 5) is 8.15. The molecule has 1 atom stereocenters. The van der Waals surface area contributed by atoms with Gasteiger partial charge in [0.2, 0.25) is 0 Å². The predicted molar refractivity (Wildman–Crippen MR) is 63.8 cm³/mol. The van der Waals surface area contributed by atoms with Crippen molar-refractivity contribution in [1.29, 1.82) is 0 Å². The third-order valence-electron chi connectivity index (χ3n) is 2.24. The molecule has 0 amide bonds. The van der Waals surface area contributed by atoms with Gasteiger partial charge in [-0.3, -0.25) is 0 Å². The van der Waals surface area contributed by atoms with Gasteiger partial charge in [-0.2, -0.15) is 0 Å². The number of nitrogen functional groups attached to an aromatic ring is 1. The van der Waals surface area contributed by atoms with E-state index in [4.69, 9.17) is 10.6 Å². The van der Waals surface area contributed by atoms with Gasteiger partial charge in [-0.1, -0.05) is 0 Å². The molecule has 0 spiro atoms. The van der Waals surface area contributed by atoms with Crippen molar-refractivity contribution < 1.29 is 13.2 Å². The highest BCUT2D eigenvalue weighted by molar-refractivity contribution is 7.90. The van der Waals surface area contributed by atoms with Gasteiger partial charge in [0.15, 0.2) is 9.84 Å². The van der Waals surface area contributed by atoms with Gasteiger partial charge in [0.25, 0.3) is 0 Å². The average molecular weight is 260 g/mol. The number of nitrogens with zero attached hydrogens (tertiary/aromatic N) is 2. The number of hydrogen-bond acceptors (Lipinski definition) is 7. The van der Waals surface area contributed by atoms with Gasteiger partial charge in [0.05, 0.1) is 12.3 Å². The van der Waals surface area contributed by atoms with Crippen LogP contribution in [0, 0.1) is 0 Å². The Balaban J connectivity index is 3.19. The first kappa shape index (κ1) is 13.8. The van der Waals surface area contributed by atoms with Crippen LogP contribution in [0.1, 0.15) is 23.7 Å². The van der Waals surface area contributed by atoms with Crippen molar-refractivity contribution >= 4 is 15.7 Å². The normalized spacial score (nSPS) is 13.4. The molecule has 1 rings (SSSR count). The summed E-state index contributed by atoms with van der Waals surface area (Å²) in [7, 11) is -1.72. The summed E-state index contributed by atoms with van der Waals surface area (Å²) in [6.07, 6.45) is 1.14. The zero-order valence-corrected chi connectivity index (χ0v) is 10.8. The van der Waals surface area contributed by atoms with Crippen molar-refractivity contribution in [2.45, 2.75) is 18.8 Å². The SMILES string of the molecule is COCc1cc(NN)nc(C(C)S(C)(=O)=O)n1. The molecular formula is C9H16N4O3S. The van der Waals surface area contributed by atoms with Crippen LogP contribution in [-0.4, -0.2) is 31.8 Å². The molecule has 0 bridgehead atoms. The Morgan fingerprint density at radius 1 is 1.53 bits per heavy atom. The van der Waals surface area contributed by atoms with E-state index in [1.54, 1.807) is 6.07 Å². The second-order valence-electron chi connectivity index (χ2n) is 3.65. The fourth-order valence-corrected chi connectivity index (χ4v) is 1.68. The molecule has 1 aromatic rings. The number of aromatic nitrogens is 2. The van der Waals surface area contributed by atoms with Crippen molar-refractivity contribution in [3.8, 4) is 0 Å². The van der Waals surface area contributed by atoms with Crippen LogP contribution in [0.4, 0.5) is 5.82 Å². The van der Waals surface area contributed by atoms with Crippen LogP contribution in [-0.2, 0) is 21.2 Å². The Bertz CT molecular complexity index is 489. The molecule has 3 N–H and O–H groups in total.